The van der Waals surface area contributed by atoms with Gasteiger partial charge >= 0.3 is 0 Å². The Bertz CT molecular complexity index is 814. The van der Waals surface area contributed by atoms with Crippen molar-refractivity contribution in [1.82, 2.24) is 10.3 Å². The molecule has 1 atom stereocenters. The minimum Gasteiger partial charge on any atom is -0.497 e. The highest BCUT2D eigenvalue weighted by Gasteiger charge is 2.32. The van der Waals surface area contributed by atoms with Crippen LogP contribution in [0.25, 0.3) is 0 Å². The summed E-state index contributed by atoms with van der Waals surface area (Å²) in [6.07, 6.45) is 2.58. The molecule has 1 aliphatic rings. The van der Waals surface area contributed by atoms with Crippen molar-refractivity contribution in [2.45, 2.75) is 39.0 Å². The second-order valence-electron chi connectivity index (χ2n) is 7.07. The Morgan fingerprint density at radius 3 is 2.70 bits per heavy atom. The smallest absolute Gasteiger partial charge is 0.257 e. The van der Waals surface area contributed by atoms with Gasteiger partial charge in [0.1, 0.15) is 5.75 Å². The van der Waals surface area contributed by atoms with Crippen molar-refractivity contribution in [3.05, 3.63) is 40.4 Å². The number of fused-ring (bicyclic) bond motifs is 1. The van der Waals surface area contributed by atoms with E-state index in [4.69, 9.17) is 4.74 Å². The van der Waals surface area contributed by atoms with Gasteiger partial charge in [0.2, 0.25) is 5.91 Å². The second kappa shape index (κ2) is 8.52. The lowest BCUT2D eigenvalue weighted by Gasteiger charge is -2.11. The van der Waals surface area contributed by atoms with Gasteiger partial charge in [0.05, 0.1) is 18.7 Å². The summed E-state index contributed by atoms with van der Waals surface area (Å²) < 4.78 is 5.10. The molecule has 0 saturated heterocycles. The van der Waals surface area contributed by atoms with Gasteiger partial charge in [0.25, 0.3) is 5.91 Å². The fourth-order valence-corrected chi connectivity index (χ4v) is 4.09. The second-order valence-corrected chi connectivity index (χ2v) is 8.16. The fraction of sp³-hybridized carbons (Fsp3) is 0.450. The normalized spacial score (nSPS) is 15.5. The Kier molecular flexibility index (Phi) is 6.11. The van der Waals surface area contributed by atoms with E-state index in [1.165, 1.54) is 11.3 Å². The van der Waals surface area contributed by atoms with Crippen LogP contribution in [0.5, 0.6) is 5.75 Å². The van der Waals surface area contributed by atoms with E-state index in [-0.39, 0.29) is 17.7 Å². The predicted octanol–water partition coefficient (Wildman–Crippen LogP) is 3.60. The molecule has 0 saturated carbocycles. The summed E-state index contributed by atoms with van der Waals surface area (Å²) in [4.78, 5) is 30.5. The molecule has 1 aromatic carbocycles. The van der Waals surface area contributed by atoms with Gasteiger partial charge in [0.15, 0.2) is 5.13 Å². The molecule has 144 valence electrons. The van der Waals surface area contributed by atoms with Gasteiger partial charge in [-0.15, -0.1) is 11.3 Å². The number of benzene rings is 1. The first-order valence-electron chi connectivity index (χ1n) is 9.20. The fourth-order valence-electron chi connectivity index (χ4n) is 3.05. The van der Waals surface area contributed by atoms with Crippen molar-refractivity contribution in [2.24, 2.45) is 5.92 Å². The third-order valence-electron chi connectivity index (χ3n) is 4.63. The van der Waals surface area contributed by atoms with Gasteiger partial charge in [0, 0.05) is 17.0 Å². The van der Waals surface area contributed by atoms with Gasteiger partial charge in [-0.2, -0.15) is 0 Å². The van der Waals surface area contributed by atoms with Crippen LogP contribution in [0.4, 0.5) is 5.13 Å². The van der Waals surface area contributed by atoms with E-state index < -0.39 is 0 Å². The Morgan fingerprint density at radius 1 is 1.30 bits per heavy atom. The third kappa shape index (κ3) is 4.66. The number of thiazole rings is 1. The molecule has 1 aliphatic carbocycles. The average molecular weight is 388 g/mol. The molecule has 27 heavy (non-hydrogen) atoms. The lowest BCUT2D eigenvalue weighted by Crippen LogP contribution is -2.30. The first-order valence-corrected chi connectivity index (χ1v) is 10.0. The molecule has 1 aromatic heterocycles. The Labute approximate surface area is 163 Å². The van der Waals surface area contributed by atoms with E-state index in [2.05, 4.69) is 29.5 Å². The lowest BCUT2D eigenvalue weighted by molar-refractivity contribution is -0.122. The molecule has 2 aromatic rings. The van der Waals surface area contributed by atoms with Crippen molar-refractivity contribution >= 4 is 28.3 Å². The number of aromatic nitrogens is 1. The summed E-state index contributed by atoms with van der Waals surface area (Å²) in [6.45, 7) is 4.96. The highest BCUT2D eigenvalue weighted by Crippen LogP contribution is 2.38. The molecule has 6 nitrogen and oxygen atoms in total. The van der Waals surface area contributed by atoms with Gasteiger partial charge in [-0.05, 0) is 49.4 Å². The number of hydrogen-bond donors (Lipinski definition) is 2. The molecule has 1 unspecified atom stereocenters. The minimum atomic E-state index is -0.219. The topological polar surface area (TPSA) is 80.3 Å². The van der Waals surface area contributed by atoms with Crippen LogP contribution in [0.15, 0.2) is 24.3 Å². The first-order chi connectivity index (χ1) is 13.0. The maximum Gasteiger partial charge on any atom is 0.257 e. The first kappa shape index (κ1) is 19.4. The number of aryl methyl sites for hydroxylation is 1. The van der Waals surface area contributed by atoms with Crippen LogP contribution in [0, 0.1) is 5.92 Å². The molecular formula is C20H25N3O3S. The highest BCUT2D eigenvalue weighted by molar-refractivity contribution is 7.16. The van der Waals surface area contributed by atoms with E-state index in [1.54, 1.807) is 31.4 Å². The number of nitrogens with zero attached hydrogens (tertiary/aromatic N) is 1. The number of ether oxygens (including phenoxy) is 1. The Hall–Kier alpha value is -2.41. The zero-order valence-electron chi connectivity index (χ0n) is 15.9. The van der Waals surface area contributed by atoms with Crippen LogP contribution in [0.3, 0.4) is 0 Å². The quantitative estimate of drug-likeness (QED) is 0.761. The molecule has 0 fully saturated rings. The zero-order valence-corrected chi connectivity index (χ0v) is 16.7. The third-order valence-corrected chi connectivity index (χ3v) is 5.67. The lowest BCUT2D eigenvalue weighted by atomic mass is 10.1. The molecule has 2 N–H and O–H groups in total. The number of methoxy groups -OCH3 is 1. The number of anilines is 1. The molecule has 0 radical (unpaired) electrons. The standard InChI is InChI=1S/C20H25N3O3S/c1-12(2)10-11-21-19(25)15-8-9-16-17(15)22-20(27-16)23-18(24)13-4-6-14(26-3)7-5-13/h4-7,12,15H,8-11H2,1-3H3,(H,21,25)(H,22,23,24). The van der Waals surface area contributed by atoms with E-state index >= 15 is 0 Å². The zero-order chi connectivity index (χ0) is 19.4. The Balaban J connectivity index is 1.63. The summed E-state index contributed by atoms with van der Waals surface area (Å²) in [5.74, 6) is 0.861. The van der Waals surface area contributed by atoms with Crippen LogP contribution in [-0.4, -0.2) is 30.5 Å². The van der Waals surface area contributed by atoms with E-state index in [0.29, 0.717) is 28.9 Å². The number of carbonyl (C=O) groups excluding carboxylic acids is 2. The van der Waals surface area contributed by atoms with Crippen LogP contribution in [-0.2, 0) is 11.2 Å². The van der Waals surface area contributed by atoms with E-state index in [0.717, 1.165) is 29.8 Å². The van der Waals surface area contributed by atoms with Crippen molar-refractivity contribution in [1.29, 1.82) is 0 Å². The molecular weight excluding hydrogens is 362 g/mol. The number of nitrogens with one attached hydrogen (secondary N) is 2. The molecule has 0 spiro atoms. The highest BCUT2D eigenvalue weighted by atomic mass is 32.1. The van der Waals surface area contributed by atoms with Crippen LogP contribution >= 0.6 is 11.3 Å². The van der Waals surface area contributed by atoms with Gasteiger partial charge < -0.3 is 10.1 Å². The van der Waals surface area contributed by atoms with Crippen molar-refractivity contribution < 1.29 is 14.3 Å². The molecule has 2 amide bonds. The number of carbonyl (C=O) groups is 2. The molecule has 3 rings (SSSR count). The summed E-state index contributed by atoms with van der Waals surface area (Å²) in [5, 5.41) is 6.39. The van der Waals surface area contributed by atoms with Gasteiger partial charge in [-0.1, -0.05) is 13.8 Å². The van der Waals surface area contributed by atoms with Gasteiger partial charge in [-0.3, -0.25) is 14.9 Å². The maximum absolute atomic E-state index is 12.5. The van der Waals surface area contributed by atoms with Crippen molar-refractivity contribution in [3.8, 4) is 5.75 Å². The number of amides is 2. The summed E-state index contributed by atoms with van der Waals surface area (Å²) in [5.41, 5.74) is 1.35. The maximum atomic E-state index is 12.5. The predicted molar refractivity (Wildman–Crippen MR) is 107 cm³/mol. The van der Waals surface area contributed by atoms with E-state index in [9.17, 15) is 9.59 Å². The number of hydrogen-bond acceptors (Lipinski definition) is 5. The molecule has 7 heteroatoms. The molecule has 0 aliphatic heterocycles. The SMILES string of the molecule is COc1ccc(C(=O)Nc2nc3c(s2)CCC3C(=O)NCCC(C)C)cc1. The molecule has 0 bridgehead atoms. The van der Waals surface area contributed by atoms with Crippen LogP contribution in [0.2, 0.25) is 0 Å². The summed E-state index contributed by atoms with van der Waals surface area (Å²) in [6, 6.07) is 6.91. The van der Waals surface area contributed by atoms with Crippen LogP contribution in [0.1, 0.15) is 53.5 Å². The largest absolute Gasteiger partial charge is 0.497 e. The monoisotopic (exact) mass is 387 g/mol. The van der Waals surface area contributed by atoms with Gasteiger partial charge in [-0.25, -0.2) is 4.98 Å². The number of rotatable bonds is 7. The van der Waals surface area contributed by atoms with Crippen molar-refractivity contribution in [3.63, 3.8) is 0 Å². The summed E-state index contributed by atoms with van der Waals surface area (Å²) in [7, 11) is 1.58. The summed E-state index contributed by atoms with van der Waals surface area (Å²) >= 11 is 1.45. The average Bonchev–Trinajstić information content (AvgIpc) is 3.21. The molecule has 1 heterocycles. The van der Waals surface area contributed by atoms with Crippen molar-refractivity contribution in [2.75, 3.05) is 19.0 Å². The minimum absolute atomic E-state index is 0.0349. The Morgan fingerprint density at radius 2 is 2.04 bits per heavy atom. The van der Waals surface area contributed by atoms with Crippen LogP contribution < -0.4 is 15.4 Å². The van der Waals surface area contributed by atoms with E-state index in [1.807, 2.05) is 0 Å².